The molecular formula is C28H29N3O4S. The zero-order valence-corrected chi connectivity index (χ0v) is 21.0. The van der Waals surface area contributed by atoms with Crippen LogP contribution in [0.5, 0.6) is 0 Å². The molecule has 2 fully saturated rings. The van der Waals surface area contributed by atoms with Gasteiger partial charge >= 0.3 is 6.09 Å². The summed E-state index contributed by atoms with van der Waals surface area (Å²) in [4.78, 5) is 43.5. The number of nitrogens with zero attached hydrogens (tertiary/aromatic N) is 2. The summed E-state index contributed by atoms with van der Waals surface area (Å²) >= 11 is 1.36. The summed E-state index contributed by atoms with van der Waals surface area (Å²) in [5.74, 6) is -0.293. The highest BCUT2D eigenvalue weighted by Crippen LogP contribution is 2.36. The maximum atomic E-state index is 13.8. The van der Waals surface area contributed by atoms with Crippen LogP contribution in [-0.2, 0) is 16.1 Å². The number of likely N-dealkylation sites (tertiary alicyclic amines) is 1. The number of ether oxygens (including phenoxy) is 1. The molecule has 8 heteroatoms. The lowest BCUT2D eigenvalue weighted by Crippen LogP contribution is -2.49. The summed E-state index contributed by atoms with van der Waals surface area (Å²) in [6.45, 7) is 3.67. The molecule has 3 aromatic rings. The van der Waals surface area contributed by atoms with Crippen molar-refractivity contribution in [3.05, 3.63) is 87.6 Å². The van der Waals surface area contributed by atoms with Gasteiger partial charge in [0.1, 0.15) is 0 Å². The van der Waals surface area contributed by atoms with Crippen molar-refractivity contribution in [3.63, 3.8) is 0 Å². The zero-order valence-electron chi connectivity index (χ0n) is 20.2. The summed E-state index contributed by atoms with van der Waals surface area (Å²) in [6.07, 6.45) is 1.74. The van der Waals surface area contributed by atoms with E-state index in [1.54, 1.807) is 29.2 Å². The predicted octanol–water partition coefficient (Wildman–Crippen LogP) is 5.38. The van der Waals surface area contributed by atoms with Crippen molar-refractivity contribution < 1.29 is 19.1 Å². The third-order valence-corrected chi connectivity index (χ3v) is 7.57. The van der Waals surface area contributed by atoms with Crippen molar-refractivity contribution in [3.8, 4) is 0 Å². The highest BCUT2D eigenvalue weighted by molar-refractivity contribution is 7.12. The summed E-state index contributed by atoms with van der Waals surface area (Å²) < 4.78 is 5.84. The molecule has 2 aliphatic heterocycles. The van der Waals surface area contributed by atoms with E-state index in [0.29, 0.717) is 29.2 Å². The van der Waals surface area contributed by atoms with Crippen LogP contribution in [0.15, 0.2) is 66.0 Å². The van der Waals surface area contributed by atoms with Gasteiger partial charge in [-0.2, -0.15) is 0 Å². The Balaban J connectivity index is 1.43. The first-order chi connectivity index (χ1) is 17.5. The maximum Gasteiger partial charge on any atom is 0.411 e. The zero-order chi connectivity index (χ0) is 25.1. The van der Waals surface area contributed by atoms with Crippen LogP contribution in [0, 0.1) is 6.92 Å². The first-order valence-corrected chi connectivity index (χ1v) is 13.1. The van der Waals surface area contributed by atoms with Crippen molar-refractivity contribution in [1.29, 1.82) is 0 Å². The average molecular weight is 504 g/mol. The highest BCUT2D eigenvalue weighted by Gasteiger charge is 2.48. The van der Waals surface area contributed by atoms with Crippen molar-refractivity contribution >= 4 is 34.9 Å². The number of piperidine rings is 1. The number of rotatable bonds is 6. The number of aryl methyl sites for hydroxylation is 1. The van der Waals surface area contributed by atoms with Gasteiger partial charge in [0.15, 0.2) is 12.1 Å². The number of carbonyl (C=O) groups excluding carboxylic acids is 3. The largest absolute Gasteiger partial charge is 0.438 e. The number of benzene rings is 2. The molecule has 0 saturated carbocycles. The van der Waals surface area contributed by atoms with E-state index in [0.717, 1.165) is 30.4 Å². The number of hydrogen-bond donors (Lipinski definition) is 1. The minimum Gasteiger partial charge on any atom is -0.438 e. The van der Waals surface area contributed by atoms with Crippen LogP contribution < -0.4 is 5.32 Å². The van der Waals surface area contributed by atoms with E-state index in [1.807, 2.05) is 53.6 Å². The molecule has 3 heterocycles. The lowest BCUT2D eigenvalue weighted by molar-refractivity contribution is -0.137. The fourth-order valence-electron chi connectivity index (χ4n) is 4.78. The van der Waals surface area contributed by atoms with Gasteiger partial charge in [0.2, 0.25) is 5.91 Å². The summed E-state index contributed by atoms with van der Waals surface area (Å²) in [5, 5.41) is 4.76. The molecule has 0 radical (unpaired) electrons. The van der Waals surface area contributed by atoms with E-state index < -0.39 is 18.2 Å². The Morgan fingerprint density at radius 1 is 1.03 bits per heavy atom. The van der Waals surface area contributed by atoms with Crippen LogP contribution in [0.4, 0.5) is 10.5 Å². The van der Waals surface area contributed by atoms with Gasteiger partial charge in [-0.1, -0.05) is 48.0 Å². The van der Waals surface area contributed by atoms with Gasteiger partial charge in [-0.3, -0.25) is 14.5 Å². The molecule has 2 aromatic carbocycles. The Bertz CT molecular complexity index is 1240. The van der Waals surface area contributed by atoms with Gasteiger partial charge < -0.3 is 15.0 Å². The lowest BCUT2D eigenvalue weighted by atomic mass is 9.98. The van der Waals surface area contributed by atoms with Gasteiger partial charge in [0.05, 0.1) is 11.4 Å². The van der Waals surface area contributed by atoms with E-state index in [4.69, 9.17) is 4.74 Å². The molecule has 2 saturated heterocycles. The molecule has 2 atom stereocenters. The van der Waals surface area contributed by atoms with E-state index in [9.17, 15) is 14.4 Å². The molecule has 5 rings (SSSR count). The molecule has 1 aromatic heterocycles. The van der Waals surface area contributed by atoms with Crippen LogP contribution >= 0.6 is 11.3 Å². The fraction of sp³-hybridized carbons (Fsp3) is 0.321. The van der Waals surface area contributed by atoms with Gasteiger partial charge in [0.25, 0.3) is 5.91 Å². The average Bonchev–Trinajstić information content (AvgIpc) is 3.55. The molecule has 0 aliphatic carbocycles. The molecule has 3 amide bonds. The molecule has 2 aliphatic rings. The van der Waals surface area contributed by atoms with Crippen LogP contribution in [-0.4, -0.2) is 46.8 Å². The van der Waals surface area contributed by atoms with Crippen LogP contribution in [0.1, 0.15) is 51.7 Å². The number of anilines is 1. The Morgan fingerprint density at radius 3 is 2.53 bits per heavy atom. The Labute approximate surface area is 214 Å². The summed E-state index contributed by atoms with van der Waals surface area (Å²) in [5.41, 5.74) is 3.33. The minimum absolute atomic E-state index is 0.0920. The van der Waals surface area contributed by atoms with Gasteiger partial charge in [-0.05, 0) is 60.9 Å². The van der Waals surface area contributed by atoms with Crippen molar-refractivity contribution in [2.24, 2.45) is 0 Å². The third kappa shape index (κ3) is 5.14. The van der Waals surface area contributed by atoms with E-state index in [-0.39, 0.29) is 18.4 Å². The molecule has 186 valence electrons. The number of cyclic esters (lactones) is 1. The van der Waals surface area contributed by atoms with Gasteiger partial charge in [-0.15, -0.1) is 11.3 Å². The number of hydrogen-bond acceptors (Lipinski definition) is 5. The van der Waals surface area contributed by atoms with Gasteiger partial charge in [0, 0.05) is 18.8 Å². The molecular weight excluding hydrogens is 474 g/mol. The van der Waals surface area contributed by atoms with E-state index in [2.05, 4.69) is 5.32 Å². The van der Waals surface area contributed by atoms with Gasteiger partial charge in [-0.25, -0.2) is 4.79 Å². The van der Waals surface area contributed by atoms with E-state index in [1.165, 1.54) is 11.3 Å². The Morgan fingerprint density at radius 2 is 1.81 bits per heavy atom. The maximum absolute atomic E-state index is 13.8. The topological polar surface area (TPSA) is 79.0 Å². The second-order valence-electron chi connectivity index (χ2n) is 9.31. The SMILES string of the molecule is Cc1ccc(CN2C(=O)O[C@H](c3cccc(NC(=O)c4cccs4)c3)[C@@H]2C(=O)N2CCCCC2)cc1. The second-order valence-corrected chi connectivity index (χ2v) is 10.3. The van der Waals surface area contributed by atoms with Crippen molar-refractivity contribution in [2.45, 2.75) is 44.9 Å². The number of thiophene rings is 1. The second kappa shape index (κ2) is 10.5. The van der Waals surface area contributed by atoms with Crippen LogP contribution in [0.3, 0.4) is 0 Å². The number of nitrogens with one attached hydrogen (secondary N) is 1. The minimum atomic E-state index is -0.778. The molecule has 7 nitrogen and oxygen atoms in total. The number of carbonyl (C=O) groups is 3. The molecule has 0 unspecified atom stereocenters. The monoisotopic (exact) mass is 503 g/mol. The molecule has 0 spiro atoms. The van der Waals surface area contributed by atoms with Crippen LogP contribution in [0.2, 0.25) is 0 Å². The predicted molar refractivity (Wildman–Crippen MR) is 139 cm³/mol. The Kier molecular flexibility index (Phi) is 7.04. The van der Waals surface area contributed by atoms with E-state index >= 15 is 0 Å². The summed E-state index contributed by atoms with van der Waals surface area (Å²) in [7, 11) is 0. The van der Waals surface area contributed by atoms with Crippen LogP contribution in [0.25, 0.3) is 0 Å². The molecule has 1 N–H and O–H groups in total. The standard InChI is InChI=1S/C28H29N3O4S/c1-19-10-12-20(13-11-19)18-31-24(27(33)30-14-3-2-4-15-30)25(35-28(31)34)21-7-5-8-22(17-21)29-26(32)23-9-6-16-36-23/h5-13,16-17,24-25H,2-4,14-15,18H2,1H3,(H,29,32)/t24-,25-/m1/s1. The highest BCUT2D eigenvalue weighted by atomic mass is 32.1. The van der Waals surface area contributed by atoms with Crippen molar-refractivity contribution in [1.82, 2.24) is 9.80 Å². The fourth-order valence-corrected chi connectivity index (χ4v) is 5.40. The number of amides is 3. The summed E-state index contributed by atoms with van der Waals surface area (Å²) in [6, 6.07) is 18.0. The van der Waals surface area contributed by atoms with Crippen molar-refractivity contribution in [2.75, 3.05) is 18.4 Å². The normalized spacial score (nSPS) is 19.8. The quantitative estimate of drug-likeness (QED) is 0.490. The Hall–Kier alpha value is -3.65. The molecule has 0 bridgehead atoms. The smallest absolute Gasteiger partial charge is 0.411 e. The first-order valence-electron chi connectivity index (χ1n) is 12.3. The first kappa shape index (κ1) is 24.1. The third-order valence-electron chi connectivity index (χ3n) is 6.70. The lowest BCUT2D eigenvalue weighted by Gasteiger charge is -2.33. The molecule has 36 heavy (non-hydrogen) atoms.